The summed E-state index contributed by atoms with van der Waals surface area (Å²) in [4.78, 5) is 0. The molecule has 0 spiro atoms. The van der Waals surface area contributed by atoms with Gasteiger partial charge >= 0.3 is 0 Å². The van der Waals surface area contributed by atoms with Crippen LogP contribution in [0.15, 0.2) is 12.1 Å². The number of rotatable bonds is 2. The molecule has 2 saturated carbocycles. The highest BCUT2D eigenvalue weighted by Crippen LogP contribution is 2.56. The van der Waals surface area contributed by atoms with E-state index in [1.165, 1.54) is 29.3 Å². The molecular formula is C15H21N2OP. The average molecular weight is 276 g/mol. The van der Waals surface area contributed by atoms with E-state index in [2.05, 4.69) is 19.1 Å². The zero-order valence-electron chi connectivity index (χ0n) is 11.2. The van der Waals surface area contributed by atoms with E-state index in [-0.39, 0.29) is 0 Å². The van der Waals surface area contributed by atoms with Crippen LogP contribution in [0.2, 0.25) is 0 Å². The fourth-order valence-corrected chi connectivity index (χ4v) is 4.82. The predicted octanol–water partition coefficient (Wildman–Crippen LogP) is 1.77. The monoisotopic (exact) mass is 276 g/mol. The van der Waals surface area contributed by atoms with Gasteiger partial charge in [-0.05, 0) is 52.0 Å². The van der Waals surface area contributed by atoms with Gasteiger partial charge in [0, 0.05) is 29.2 Å². The molecule has 4 heteroatoms. The molecule has 1 aromatic rings. The van der Waals surface area contributed by atoms with Crippen LogP contribution < -0.4 is 21.3 Å². The summed E-state index contributed by atoms with van der Waals surface area (Å²) in [5, 5.41) is 1.19. The maximum atomic E-state index is 6.37. The van der Waals surface area contributed by atoms with Crippen molar-refractivity contribution in [2.75, 3.05) is 0 Å². The van der Waals surface area contributed by atoms with Gasteiger partial charge in [0.2, 0.25) is 0 Å². The summed E-state index contributed by atoms with van der Waals surface area (Å²) in [7, 11) is 0.313. The summed E-state index contributed by atoms with van der Waals surface area (Å²) in [5.74, 6) is 3.07. The van der Waals surface area contributed by atoms with Crippen LogP contribution in [-0.2, 0) is 0 Å². The number of benzene rings is 1. The summed E-state index contributed by atoms with van der Waals surface area (Å²) in [6.45, 7) is 2.15. The Bertz CT molecular complexity index is 529. The lowest BCUT2D eigenvalue weighted by molar-refractivity contribution is 0.216. The number of nitrogens with two attached hydrogens (primary N) is 2. The fourth-order valence-electron chi connectivity index (χ4n) is 4.18. The van der Waals surface area contributed by atoms with Gasteiger partial charge in [0.05, 0.1) is 0 Å². The number of hydrogen-bond acceptors (Lipinski definition) is 3. The zero-order valence-corrected chi connectivity index (χ0v) is 12.2. The summed E-state index contributed by atoms with van der Waals surface area (Å²) in [5.41, 5.74) is 15.0. The first-order chi connectivity index (χ1) is 9.19. The maximum Gasteiger partial charge on any atom is 0.132 e. The normalized spacial score (nSPS) is 36.6. The van der Waals surface area contributed by atoms with Crippen LogP contribution in [-0.4, -0.2) is 12.1 Å². The van der Waals surface area contributed by atoms with Gasteiger partial charge < -0.3 is 16.0 Å². The van der Waals surface area contributed by atoms with Crippen molar-refractivity contribution in [3.05, 3.63) is 23.3 Å². The first-order valence-corrected chi connectivity index (χ1v) is 8.30. The van der Waals surface area contributed by atoms with Crippen LogP contribution >= 0.6 is 8.73 Å². The second kappa shape index (κ2) is 4.18. The largest absolute Gasteiger partial charge is 0.489 e. The molecule has 3 nitrogen and oxygen atoms in total. The molecule has 4 unspecified atom stereocenters. The lowest BCUT2D eigenvalue weighted by atomic mass is 9.84. The lowest BCUT2D eigenvalue weighted by Crippen LogP contribution is -2.28. The molecule has 4 N–H and O–H groups in total. The second-order valence-corrected chi connectivity index (χ2v) is 7.20. The molecule has 1 heterocycles. The van der Waals surface area contributed by atoms with Crippen LogP contribution in [0.3, 0.4) is 0 Å². The molecule has 0 bridgehead atoms. The van der Waals surface area contributed by atoms with Crippen molar-refractivity contribution >= 4 is 14.0 Å². The third-order valence-electron chi connectivity index (χ3n) is 5.03. The topological polar surface area (TPSA) is 61.3 Å². The van der Waals surface area contributed by atoms with E-state index in [1.807, 2.05) is 0 Å². The third kappa shape index (κ3) is 1.75. The van der Waals surface area contributed by atoms with Crippen molar-refractivity contribution in [3.63, 3.8) is 0 Å². The van der Waals surface area contributed by atoms with E-state index < -0.39 is 0 Å². The minimum Gasteiger partial charge on any atom is -0.489 e. The minimum atomic E-state index is 0.299. The molecule has 3 aliphatic rings. The smallest absolute Gasteiger partial charge is 0.132 e. The van der Waals surface area contributed by atoms with Gasteiger partial charge in [-0.25, -0.2) is 0 Å². The van der Waals surface area contributed by atoms with E-state index in [4.69, 9.17) is 16.0 Å². The van der Waals surface area contributed by atoms with Crippen molar-refractivity contribution in [3.8, 4) is 5.75 Å². The Balaban J connectivity index is 1.80. The Morgan fingerprint density at radius 2 is 2.11 bits per heavy atom. The van der Waals surface area contributed by atoms with Crippen LogP contribution in [0.25, 0.3) is 0 Å². The Morgan fingerprint density at radius 1 is 1.32 bits per heavy atom. The fraction of sp³-hybridized carbons (Fsp3) is 0.600. The second-order valence-electron chi connectivity index (χ2n) is 6.37. The Labute approximate surface area is 115 Å². The number of hydrogen-bond donors (Lipinski definition) is 2. The Morgan fingerprint density at radius 3 is 2.79 bits per heavy atom. The van der Waals surface area contributed by atoms with Crippen molar-refractivity contribution in [1.29, 1.82) is 0 Å². The van der Waals surface area contributed by atoms with E-state index in [1.54, 1.807) is 0 Å². The van der Waals surface area contributed by atoms with E-state index in [0.717, 1.165) is 18.1 Å². The molecule has 0 saturated heterocycles. The van der Waals surface area contributed by atoms with Crippen LogP contribution in [0.4, 0.5) is 0 Å². The van der Waals surface area contributed by atoms with Gasteiger partial charge in [-0.2, -0.15) is 0 Å². The van der Waals surface area contributed by atoms with Crippen molar-refractivity contribution in [2.24, 2.45) is 23.1 Å². The molecule has 19 heavy (non-hydrogen) atoms. The molecule has 1 aromatic carbocycles. The van der Waals surface area contributed by atoms with Gasteiger partial charge in [-0.3, -0.25) is 0 Å². The van der Waals surface area contributed by atoms with Gasteiger partial charge in [0.15, 0.2) is 0 Å². The summed E-state index contributed by atoms with van der Waals surface area (Å²) in [6.07, 6.45) is 4.02. The highest BCUT2D eigenvalue weighted by molar-refractivity contribution is 7.44. The van der Waals surface area contributed by atoms with Gasteiger partial charge in [0.1, 0.15) is 11.9 Å². The van der Waals surface area contributed by atoms with E-state index in [9.17, 15) is 0 Å². The first kappa shape index (κ1) is 12.1. The number of ether oxygens (including phenoxy) is 1. The molecule has 0 amide bonds. The first-order valence-electron chi connectivity index (χ1n) is 7.22. The quantitative estimate of drug-likeness (QED) is 0.809. The highest BCUT2D eigenvalue weighted by Gasteiger charge is 2.53. The van der Waals surface area contributed by atoms with E-state index in [0.29, 0.717) is 32.7 Å². The molecule has 2 aliphatic carbocycles. The van der Waals surface area contributed by atoms with Crippen LogP contribution in [0, 0.1) is 18.8 Å². The molecule has 1 aliphatic heterocycles. The summed E-state index contributed by atoms with van der Waals surface area (Å²) >= 11 is 0. The van der Waals surface area contributed by atoms with Gasteiger partial charge in [0.25, 0.3) is 0 Å². The summed E-state index contributed by atoms with van der Waals surface area (Å²) in [6, 6.07) is 4.79. The van der Waals surface area contributed by atoms with Crippen molar-refractivity contribution in [2.45, 2.75) is 44.2 Å². The average Bonchev–Trinajstić information content (AvgIpc) is 3.07. The molecular weight excluding hydrogens is 255 g/mol. The van der Waals surface area contributed by atoms with Crippen LogP contribution in [0.5, 0.6) is 5.75 Å². The molecule has 0 radical (unpaired) electrons. The standard InChI is InChI=1S/C15H21N2OP/c1-7-4-9-14-11(18-15(9)12(5-7)19-17)6-10(16)13(14)8-2-3-8/h4-5,8,10-11,13-14,19H,2-3,6,16-17H2,1H3/t10?,11-,13?,14?/m0/s1. The SMILES string of the molecule is Cc1cc(PN)c2c(c1)C1C(C3CC3)C(N)C[C@@H]1O2. The third-order valence-corrected chi connectivity index (χ3v) is 5.71. The Kier molecular flexibility index (Phi) is 2.67. The number of aryl methyl sites for hydroxylation is 1. The molecule has 102 valence electrons. The minimum absolute atomic E-state index is 0.299. The van der Waals surface area contributed by atoms with Crippen molar-refractivity contribution in [1.82, 2.24) is 0 Å². The Hall–Kier alpha value is -0.630. The van der Waals surface area contributed by atoms with Gasteiger partial charge in [-0.1, -0.05) is 6.07 Å². The molecule has 4 rings (SSSR count). The zero-order chi connectivity index (χ0) is 13.1. The molecule has 2 fully saturated rings. The molecule has 0 aromatic heterocycles. The predicted molar refractivity (Wildman–Crippen MR) is 79.3 cm³/mol. The van der Waals surface area contributed by atoms with Crippen molar-refractivity contribution < 1.29 is 4.74 Å². The van der Waals surface area contributed by atoms with E-state index >= 15 is 0 Å². The molecule has 5 atom stereocenters. The lowest BCUT2D eigenvalue weighted by Gasteiger charge is -2.21. The van der Waals surface area contributed by atoms with Gasteiger partial charge in [-0.15, -0.1) is 0 Å². The van der Waals surface area contributed by atoms with Crippen LogP contribution in [0.1, 0.15) is 36.3 Å². The number of fused-ring (bicyclic) bond motifs is 3. The summed E-state index contributed by atoms with van der Waals surface area (Å²) < 4.78 is 6.23. The maximum absolute atomic E-state index is 6.37. The highest BCUT2D eigenvalue weighted by atomic mass is 31.1.